The summed E-state index contributed by atoms with van der Waals surface area (Å²) in [4.78, 5) is 11.7. The quantitative estimate of drug-likeness (QED) is 0.775. The second kappa shape index (κ2) is 5.63. The van der Waals surface area contributed by atoms with Gasteiger partial charge in [-0.2, -0.15) is 0 Å². The Hall–Kier alpha value is -1.39. The van der Waals surface area contributed by atoms with E-state index >= 15 is 0 Å². The molecule has 1 aliphatic heterocycles. The molecule has 1 heterocycles. The molecule has 1 atom stereocenters. The maximum Gasteiger partial charge on any atom is 0.251 e. The van der Waals surface area contributed by atoms with Gasteiger partial charge in [0.05, 0.1) is 12.7 Å². The molecule has 2 rings (SSSR count). The first kappa shape index (κ1) is 11.1. The summed E-state index contributed by atoms with van der Waals surface area (Å²) in [6.45, 7) is 2.96. The molecule has 0 aliphatic carbocycles. The Bertz CT molecular complexity index is 334. The number of ether oxygens (including phenoxy) is 1. The molecule has 1 saturated heterocycles. The topological polar surface area (TPSA) is 50.4 Å². The molecule has 0 unspecified atom stereocenters. The highest BCUT2D eigenvalue weighted by molar-refractivity contribution is 5.94. The van der Waals surface area contributed by atoms with Gasteiger partial charge >= 0.3 is 0 Å². The lowest BCUT2D eigenvalue weighted by Crippen LogP contribution is -2.45. The average Bonchev–Trinajstić information content (AvgIpc) is 2.38. The molecule has 1 fully saturated rings. The molecular formula is C12H16N2O2. The van der Waals surface area contributed by atoms with Gasteiger partial charge in [0.1, 0.15) is 0 Å². The monoisotopic (exact) mass is 220 g/mol. The van der Waals surface area contributed by atoms with Crippen molar-refractivity contribution in [1.29, 1.82) is 0 Å². The van der Waals surface area contributed by atoms with Crippen LogP contribution in [-0.2, 0) is 4.74 Å². The van der Waals surface area contributed by atoms with E-state index in [0.717, 1.165) is 13.1 Å². The third-order valence-electron chi connectivity index (χ3n) is 2.53. The summed E-state index contributed by atoms with van der Waals surface area (Å²) in [5, 5.41) is 6.09. The molecule has 0 saturated carbocycles. The Kier molecular flexibility index (Phi) is 3.91. The number of amides is 1. The van der Waals surface area contributed by atoms with E-state index in [9.17, 15) is 4.79 Å². The molecule has 16 heavy (non-hydrogen) atoms. The minimum Gasteiger partial charge on any atom is -0.374 e. The van der Waals surface area contributed by atoms with Crippen molar-refractivity contribution in [3.8, 4) is 0 Å². The number of benzene rings is 1. The minimum atomic E-state index is -0.0465. The number of morpholine rings is 1. The van der Waals surface area contributed by atoms with Crippen molar-refractivity contribution < 1.29 is 9.53 Å². The van der Waals surface area contributed by atoms with E-state index in [1.54, 1.807) is 12.1 Å². The molecule has 0 spiro atoms. The largest absolute Gasteiger partial charge is 0.374 e. The summed E-state index contributed by atoms with van der Waals surface area (Å²) in [7, 11) is 0. The molecule has 4 heteroatoms. The van der Waals surface area contributed by atoms with Gasteiger partial charge in [0, 0.05) is 25.2 Å². The fourth-order valence-corrected chi connectivity index (χ4v) is 1.65. The van der Waals surface area contributed by atoms with Crippen LogP contribution in [0.25, 0.3) is 0 Å². The van der Waals surface area contributed by atoms with Gasteiger partial charge in [-0.1, -0.05) is 18.2 Å². The lowest BCUT2D eigenvalue weighted by Gasteiger charge is -2.23. The Balaban J connectivity index is 1.79. The fourth-order valence-electron chi connectivity index (χ4n) is 1.65. The second-order valence-corrected chi connectivity index (χ2v) is 3.77. The SMILES string of the molecule is O=C(NC[C@@H]1CNCCO1)c1ccccc1. The van der Waals surface area contributed by atoms with E-state index in [1.165, 1.54) is 0 Å². The number of hydrogen-bond donors (Lipinski definition) is 2. The molecule has 1 amide bonds. The summed E-state index contributed by atoms with van der Waals surface area (Å²) in [5.74, 6) is -0.0465. The van der Waals surface area contributed by atoms with Crippen molar-refractivity contribution in [3.63, 3.8) is 0 Å². The molecule has 1 aromatic rings. The van der Waals surface area contributed by atoms with Crippen LogP contribution in [0.5, 0.6) is 0 Å². The number of carbonyl (C=O) groups is 1. The Morgan fingerprint density at radius 2 is 2.25 bits per heavy atom. The zero-order valence-corrected chi connectivity index (χ0v) is 9.11. The first-order valence-corrected chi connectivity index (χ1v) is 5.52. The smallest absolute Gasteiger partial charge is 0.251 e. The van der Waals surface area contributed by atoms with Crippen molar-refractivity contribution in [3.05, 3.63) is 35.9 Å². The Morgan fingerprint density at radius 3 is 2.94 bits per heavy atom. The zero-order chi connectivity index (χ0) is 11.2. The molecule has 4 nitrogen and oxygen atoms in total. The third-order valence-corrected chi connectivity index (χ3v) is 2.53. The van der Waals surface area contributed by atoms with Gasteiger partial charge in [-0.05, 0) is 12.1 Å². The van der Waals surface area contributed by atoms with Crippen LogP contribution in [0.1, 0.15) is 10.4 Å². The predicted octanol–water partition coefficient (Wildman–Crippen LogP) is 0.405. The van der Waals surface area contributed by atoms with Crippen LogP contribution in [0.2, 0.25) is 0 Å². The maximum absolute atomic E-state index is 11.7. The first-order valence-electron chi connectivity index (χ1n) is 5.52. The van der Waals surface area contributed by atoms with Gasteiger partial charge in [-0.3, -0.25) is 4.79 Å². The van der Waals surface area contributed by atoms with Gasteiger partial charge in [-0.15, -0.1) is 0 Å². The van der Waals surface area contributed by atoms with Crippen molar-refractivity contribution >= 4 is 5.91 Å². The summed E-state index contributed by atoms with van der Waals surface area (Å²) >= 11 is 0. The third kappa shape index (κ3) is 3.05. The summed E-state index contributed by atoms with van der Waals surface area (Å²) in [6.07, 6.45) is 0.0846. The van der Waals surface area contributed by atoms with E-state index in [4.69, 9.17) is 4.74 Å². The number of hydrogen-bond acceptors (Lipinski definition) is 3. The average molecular weight is 220 g/mol. The number of rotatable bonds is 3. The standard InChI is InChI=1S/C12H16N2O2/c15-12(10-4-2-1-3-5-10)14-9-11-8-13-6-7-16-11/h1-5,11,13H,6-9H2,(H,14,15)/t11-/m0/s1. The summed E-state index contributed by atoms with van der Waals surface area (Å²) in [5.41, 5.74) is 0.686. The van der Waals surface area contributed by atoms with Crippen molar-refractivity contribution in [1.82, 2.24) is 10.6 Å². The van der Waals surface area contributed by atoms with E-state index in [1.807, 2.05) is 18.2 Å². The zero-order valence-electron chi connectivity index (χ0n) is 9.11. The summed E-state index contributed by atoms with van der Waals surface area (Å²) in [6, 6.07) is 9.21. The summed E-state index contributed by atoms with van der Waals surface area (Å²) < 4.78 is 5.49. The highest BCUT2D eigenvalue weighted by atomic mass is 16.5. The Labute approximate surface area is 95.0 Å². The highest BCUT2D eigenvalue weighted by Crippen LogP contribution is 1.99. The second-order valence-electron chi connectivity index (χ2n) is 3.77. The van der Waals surface area contributed by atoms with Gasteiger partial charge in [0.2, 0.25) is 0 Å². The van der Waals surface area contributed by atoms with Crippen LogP contribution >= 0.6 is 0 Å². The first-order chi connectivity index (χ1) is 7.86. The van der Waals surface area contributed by atoms with Gasteiger partial charge < -0.3 is 15.4 Å². The van der Waals surface area contributed by atoms with Crippen LogP contribution in [-0.4, -0.2) is 38.3 Å². The van der Waals surface area contributed by atoms with Crippen LogP contribution in [0, 0.1) is 0 Å². The van der Waals surface area contributed by atoms with E-state index in [-0.39, 0.29) is 12.0 Å². The maximum atomic E-state index is 11.7. The van der Waals surface area contributed by atoms with Crippen molar-refractivity contribution in [2.75, 3.05) is 26.2 Å². The Morgan fingerprint density at radius 1 is 1.44 bits per heavy atom. The number of nitrogens with one attached hydrogen (secondary N) is 2. The van der Waals surface area contributed by atoms with Crippen LogP contribution in [0.15, 0.2) is 30.3 Å². The number of carbonyl (C=O) groups excluding carboxylic acids is 1. The molecule has 2 N–H and O–H groups in total. The van der Waals surface area contributed by atoms with Crippen LogP contribution < -0.4 is 10.6 Å². The molecule has 0 aromatic heterocycles. The molecule has 86 valence electrons. The van der Waals surface area contributed by atoms with Crippen molar-refractivity contribution in [2.24, 2.45) is 0 Å². The minimum absolute atomic E-state index is 0.0465. The van der Waals surface area contributed by atoms with Gasteiger partial charge in [-0.25, -0.2) is 0 Å². The van der Waals surface area contributed by atoms with Gasteiger partial charge in [0.25, 0.3) is 5.91 Å². The normalized spacial score (nSPS) is 20.4. The molecule has 1 aromatic carbocycles. The molecule has 0 radical (unpaired) electrons. The van der Waals surface area contributed by atoms with E-state index < -0.39 is 0 Å². The molecule has 0 bridgehead atoms. The van der Waals surface area contributed by atoms with Crippen LogP contribution in [0.3, 0.4) is 0 Å². The lowest BCUT2D eigenvalue weighted by molar-refractivity contribution is 0.0287. The lowest BCUT2D eigenvalue weighted by atomic mass is 10.2. The molecular weight excluding hydrogens is 204 g/mol. The fraction of sp³-hybridized carbons (Fsp3) is 0.417. The predicted molar refractivity (Wildman–Crippen MR) is 61.4 cm³/mol. The van der Waals surface area contributed by atoms with E-state index in [0.29, 0.717) is 18.7 Å². The van der Waals surface area contributed by atoms with Crippen molar-refractivity contribution in [2.45, 2.75) is 6.10 Å². The van der Waals surface area contributed by atoms with Gasteiger partial charge in [0.15, 0.2) is 0 Å². The molecule has 1 aliphatic rings. The van der Waals surface area contributed by atoms with E-state index in [2.05, 4.69) is 10.6 Å². The van der Waals surface area contributed by atoms with Crippen LogP contribution in [0.4, 0.5) is 0 Å². The highest BCUT2D eigenvalue weighted by Gasteiger charge is 2.14.